The van der Waals surface area contributed by atoms with Gasteiger partial charge >= 0.3 is 26.2 Å². The molecule has 5 heteroatoms. The van der Waals surface area contributed by atoms with Gasteiger partial charge in [-0.25, -0.2) is 22.3 Å². The maximum Gasteiger partial charge on any atom is 2.00 e. The van der Waals surface area contributed by atoms with Crippen molar-refractivity contribution in [1.29, 1.82) is 0 Å². The Morgan fingerprint density at radius 1 is 0.613 bits per heavy atom. The number of aromatic hydroxyl groups is 2. The van der Waals surface area contributed by atoms with Crippen molar-refractivity contribution in [2.45, 2.75) is 40.5 Å². The molecule has 0 bridgehead atoms. The van der Waals surface area contributed by atoms with Crippen LogP contribution in [0.25, 0.3) is 0 Å². The van der Waals surface area contributed by atoms with E-state index in [4.69, 9.17) is 10.2 Å². The van der Waals surface area contributed by atoms with Crippen molar-refractivity contribution in [2.24, 2.45) is 0 Å². The van der Waals surface area contributed by atoms with Crippen LogP contribution in [0.1, 0.15) is 40.5 Å². The zero-order valence-electron chi connectivity index (χ0n) is 18.3. The molecule has 0 radical (unpaired) electrons. The Labute approximate surface area is 222 Å². The Hall–Kier alpha value is -1.16. The minimum Gasteiger partial charge on any atom is -0.508 e. The van der Waals surface area contributed by atoms with E-state index in [-0.39, 0.29) is 26.2 Å². The van der Waals surface area contributed by atoms with Gasteiger partial charge in [0.15, 0.2) is 0 Å². The van der Waals surface area contributed by atoms with Crippen LogP contribution >= 0.6 is 31.9 Å². The van der Waals surface area contributed by atoms with Crippen LogP contribution in [0.15, 0.2) is 91.9 Å². The third-order valence-corrected chi connectivity index (χ3v) is 5.44. The Bertz CT molecular complexity index is 790. The molecule has 162 valence electrons. The molecule has 2 N–H and O–H groups in total. The molecule has 0 aromatic heterocycles. The van der Waals surface area contributed by atoms with Gasteiger partial charge in [-0.3, -0.25) is 12.2 Å². The summed E-state index contributed by atoms with van der Waals surface area (Å²) >= 11 is 6.47. The molecule has 2 aromatic rings. The van der Waals surface area contributed by atoms with Crippen LogP contribution in [0.3, 0.4) is 0 Å². The largest absolute Gasteiger partial charge is 2.00 e. The normalized spacial score (nSPS) is 13.4. The van der Waals surface area contributed by atoms with Crippen LogP contribution in [-0.2, 0) is 26.2 Å². The predicted molar refractivity (Wildman–Crippen MR) is 133 cm³/mol. The van der Waals surface area contributed by atoms with Crippen LogP contribution < -0.4 is 0 Å². The molecule has 2 nitrogen and oxygen atoms in total. The number of halogens is 2. The van der Waals surface area contributed by atoms with E-state index in [9.17, 15) is 0 Å². The van der Waals surface area contributed by atoms with E-state index < -0.39 is 0 Å². The second kappa shape index (κ2) is 16.5. The van der Waals surface area contributed by atoms with Gasteiger partial charge in [-0.2, -0.15) is 12.2 Å². The fraction of sp³-hybridized carbons (Fsp3) is 0.231. The summed E-state index contributed by atoms with van der Waals surface area (Å²) in [5.74, 6) is 0.599. The Morgan fingerprint density at radius 2 is 0.903 bits per heavy atom. The first-order valence-corrected chi connectivity index (χ1v) is 11.2. The summed E-state index contributed by atoms with van der Waals surface area (Å²) in [6, 6.07) is 13.7. The van der Waals surface area contributed by atoms with Gasteiger partial charge in [0.2, 0.25) is 0 Å². The molecule has 0 saturated carbocycles. The second-order valence-corrected chi connectivity index (χ2v) is 8.70. The molecule has 2 aliphatic rings. The minimum atomic E-state index is 0. The second-order valence-electron chi connectivity index (χ2n) is 6.87. The van der Waals surface area contributed by atoms with Crippen molar-refractivity contribution >= 4 is 31.9 Å². The van der Waals surface area contributed by atoms with Crippen molar-refractivity contribution in [3.8, 4) is 11.5 Å². The van der Waals surface area contributed by atoms with E-state index in [1.807, 2.05) is 0 Å². The molecular weight excluding hydrogens is 595 g/mol. The van der Waals surface area contributed by atoms with E-state index in [0.29, 0.717) is 11.5 Å². The minimum absolute atomic E-state index is 0. The Kier molecular flexibility index (Phi) is 15.9. The fourth-order valence-corrected chi connectivity index (χ4v) is 2.68. The van der Waals surface area contributed by atoms with Crippen molar-refractivity contribution in [1.82, 2.24) is 0 Å². The van der Waals surface area contributed by atoms with Crippen molar-refractivity contribution in [3.63, 3.8) is 0 Å². The van der Waals surface area contributed by atoms with Gasteiger partial charge in [0, 0.05) is 8.95 Å². The van der Waals surface area contributed by atoms with Gasteiger partial charge in [-0.05, 0) is 48.5 Å². The molecule has 2 aromatic carbocycles. The van der Waals surface area contributed by atoms with E-state index in [0.717, 1.165) is 21.8 Å². The maximum atomic E-state index is 8.74. The molecule has 0 aliphatic heterocycles. The van der Waals surface area contributed by atoms with E-state index >= 15 is 0 Å². The van der Waals surface area contributed by atoms with Gasteiger partial charge in [0.1, 0.15) is 11.5 Å². The van der Waals surface area contributed by atoms with E-state index in [1.54, 1.807) is 48.5 Å². The number of allylic oxidation sites excluding steroid dienone is 8. The van der Waals surface area contributed by atoms with Crippen molar-refractivity contribution in [2.75, 3.05) is 0 Å². The summed E-state index contributed by atoms with van der Waals surface area (Å²) in [5.41, 5.74) is 5.56. The van der Waals surface area contributed by atoms with Gasteiger partial charge in [0.25, 0.3) is 0 Å². The topological polar surface area (TPSA) is 40.5 Å². The predicted octanol–water partition coefficient (Wildman–Crippen LogP) is 8.48. The molecule has 0 spiro atoms. The molecule has 31 heavy (non-hydrogen) atoms. The molecule has 0 heterocycles. The van der Waals surface area contributed by atoms with Gasteiger partial charge in [0.05, 0.1) is 0 Å². The SMILES string of the molecule is CC1=C(C)CC=[C-]1.CC1=C(C)CC=[C-]1.Oc1ccc(Br)cc1.Oc1ccc(Br)cc1.[Zr+2]. The van der Waals surface area contributed by atoms with Gasteiger partial charge < -0.3 is 10.2 Å². The maximum absolute atomic E-state index is 8.74. The Morgan fingerprint density at radius 3 is 1.03 bits per heavy atom. The molecule has 0 unspecified atom stereocenters. The third kappa shape index (κ3) is 13.8. The quantitative estimate of drug-likeness (QED) is 0.289. The zero-order chi connectivity index (χ0) is 22.5. The molecule has 0 amide bonds. The summed E-state index contributed by atoms with van der Waals surface area (Å²) in [7, 11) is 0. The Balaban J connectivity index is 0.000000384. The first-order valence-electron chi connectivity index (χ1n) is 9.57. The average Bonchev–Trinajstić information content (AvgIpc) is 3.28. The van der Waals surface area contributed by atoms with Crippen LogP contribution in [0.5, 0.6) is 11.5 Å². The van der Waals surface area contributed by atoms with Crippen LogP contribution in [-0.4, -0.2) is 10.2 Å². The molecule has 4 rings (SSSR count). The molecule has 0 saturated heterocycles. The average molecular weight is 624 g/mol. The first-order chi connectivity index (χ1) is 14.2. The monoisotopic (exact) mass is 620 g/mol. The van der Waals surface area contributed by atoms with Crippen LogP contribution in [0, 0.1) is 12.2 Å². The summed E-state index contributed by atoms with van der Waals surface area (Å²) in [5, 5.41) is 17.5. The molecule has 0 fully saturated rings. The smallest absolute Gasteiger partial charge is 0.508 e. The number of hydrogen-bond donors (Lipinski definition) is 2. The fourth-order valence-electron chi connectivity index (χ4n) is 2.15. The standard InChI is InChI=1S/2C7H9.2C6H5BrO.Zr/c2*1-6-4-3-5-7(6)2;2*7-5-1-3-6(8)4-2-5;/h2*3H,4H2,1-2H3;2*1-4,8H;/q2*-1;;;+2. The van der Waals surface area contributed by atoms with E-state index in [1.165, 1.54) is 22.3 Å². The summed E-state index contributed by atoms with van der Waals surface area (Å²) < 4.78 is 1.96. The molecular formula is C26H28Br2O2Zr. The van der Waals surface area contributed by atoms with E-state index in [2.05, 4.69) is 83.9 Å². The van der Waals surface area contributed by atoms with Crippen LogP contribution in [0.2, 0.25) is 0 Å². The van der Waals surface area contributed by atoms with Gasteiger partial charge in [-0.1, -0.05) is 58.5 Å². The summed E-state index contributed by atoms with van der Waals surface area (Å²) in [6.45, 7) is 8.48. The van der Waals surface area contributed by atoms with Crippen LogP contribution in [0.4, 0.5) is 0 Å². The molecule has 2 aliphatic carbocycles. The van der Waals surface area contributed by atoms with Crippen molar-refractivity contribution < 1.29 is 36.4 Å². The first kappa shape index (κ1) is 29.8. The number of benzene rings is 2. The summed E-state index contributed by atoms with van der Waals surface area (Å²) in [4.78, 5) is 0. The van der Waals surface area contributed by atoms with Gasteiger partial charge in [-0.15, -0.1) is 13.8 Å². The molecule has 0 atom stereocenters. The number of rotatable bonds is 0. The number of phenols is 2. The third-order valence-electron chi connectivity index (χ3n) is 4.39. The summed E-state index contributed by atoms with van der Waals surface area (Å²) in [6.07, 6.45) is 12.6. The number of phenolic OH excluding ortho intramolecular Hbond substituents is 2. The number of hydrogen-bond acceptors (Lipinski definition) is 2. The zero-order valence-corrected chi connectivity index (χ0v) is 24.0. The van der Waals surface area contributed by atoms with Crippen molar-refractivity contribution in [3.05, 3.63) is 104 Å².